The van der Waals surface area contributed by atoms with E-state index in [2.05, 4.69) is 96.4 Å². The van der Waals surface area contributed by atoms with Crippen LogP contribution in [0, 0.1) is 11.8 Å². The number of hydrogen-bond donors (Lipinski definition) is 0. The highest BCUT2D eigenvalue weighted by molar-refractivity contribution is 5.94. The number of nitrogens with zero attached hydrogens (tertiary/aromatic N) is 9. The van der Waals surface area contributed by atoms with Gasteiger partial charge in [0, 0.05) is 63.4 Å². The average Bonchev–Trinajstić information content (AvgIpc) is 0.944. The molecule has 131 heavy (non-hydrogen) atoms. The first-order valence-corrected chi connectivity index (χ1v) is 43.9. The van der Waals surface area contributed by atoms with Crippen molar-refractivity contribution in [2.75, 3.05) is 176 Å². The van der Waals surface area contributed by atoms with E-state index in [1.165, 1.54) is 156 Å². The molecule has 1 unspecified atom stereocenters. The first kappa shape index (κ1) is 137. The van der Waals surface area contributed by atoms with Crippen LogP contribution in [0.25, 0.3) is 0 Å². The summed E-state index contributed by atoms with van der Waals surface area (Å²) in [7, 11) is 15.1. The molecule has 0 spiro atoms. The highest BCUT2D eigenvalue weighted by Crippen LogP contribution is 2.14. The molecule has 0 radical (unpaired) electrons. The molecule has 750 valence electrons. The number of methoxy groups -OCH3 is 1. The molecule has 0 saturated carbocycles. The van der Waals surface area contributed by atoms with Crippen molar-refractivity contribution in [3.05, 3.63) is 114 Å². The van der Waals surface area contributed by atoms with Gasteiger partial charge in [-0.1, -0.05) is 204 Å². The minimum Gasteiger partial charge on any atom is -0.468 e. The normalized spacial score (nSPS) is 9.73. The molecule has 0 N–H and O–H groups in total. The zero-order valence-electron chi connectivity index (χ0n) is 83.1. The molecule has 0 aliphatic heterocycles. The number of carbonyl (C=O) groups excluding carboxylic acids is 18. The van der Waals surface area contributed by atoms with Gasteiger partial charge in [0.15, 0.2) is 0 Å². The fraction of sp³-hybridized carbons (Fsp3) is 0.621. The van der Waals surface area contributed by atoms with Gasteiger partial charge >= 0.3 is 53.7 Å². The van der Waals surface area contributed by atoms with Crippen molar-refractivity contribution in [1.29, 1.82) is 0 Å². The van der Waals surface area contributed by atoms with E-state index in [9.17, 15) is 86.3 Å². The van der Waals surface area contributed by atoms with E-state index in [4.69, 9.17) is 33.2 Å². The van der Waals surface area contributed by atoms with Gasteiger partial charge in [-0.2, -0.15) is 0 Å². The number of ether oxygens (including phenoxy) is 9. The smallest absolute Gasteiger partial charge is 0.325 e. The molecule has 1 atom stereocenters. The van der Waals surface area contributed by atoms with E-state index in [1.807, 2.05) is 27.7 Å². The summed E-state index contributed by atoms with van der Waals surface area (Å²) in [6, 6.07) is 0. The van der Waals surface area contributed by atoms with Crippen molar-refractivity contribution in [2.24, 2.45) is 11.8 Å². The zero-order chi connectivity index (χ0) is 103. The van der Waals surface area contributed by atoms with Crippen LogP contribution in [-0.2, 0) is 129 Å². The molecule has 0 aromatic carbocycles. The fourth-order valence-electron chi connectivity index (χ4n) is 8.74. The Labute approximate surface area is 782 Å². The van der Waals surface area contributed by atoms with Crippen LogP contribution in [0.15, 0.2) is 114 Å². The summed E-state index contributed by atoms with van der Waals surface area (Å²) in [5, 5.41) is 0. The quantitative estimate of drug-likeness (QED) is 0.0236. The Morgan fingerprint density at radius 2 is 0.473 bits per heavy atom. The summed E-state index contributed by atoms with van der Waals surface area (Å²) in [4.78, 5) is 210. The van der Waals surface area contributed by atoms with Gasteiger partial charge in [-0.15, -0.1) is 0 Å². The lowest BCUT2D eigenvalue weighted by Gasteiger charge is -2.17. The van der Waals surface area contributed by atoms with Crippen molar-refractivity contribution in [3.8, 4) is 0 Å². The summed E-state index contributed by atoms with van der Waals surface area (Å²) < 4.78 is 43.7. The van der Waals surface area contributed by atoms with Gasteiger partial charge in [-0.25, -0.2) is 0 Å². The van der Waals surface area contributed by atoms with Crippen LogP contribution in [0.4, 0.5) is 0 Å². The second-order valence-corrected chi connectivity index (χ2v) is 29.5. The van der Waals surface area contributed by atoms with Crippen LogP contribution < -0.4 is 0 Å². The molecule has 0 aromatic rings. The monoisotopic (exact) mass is 1860 g/mol. The summed E-state index contributed by atoms with van der Waals surface area (Å²) in [5.41, 5.74) is 0. The first-order valence-electron chi connectivity index (χ1n) is 43.9. The molecular weight excluding hydrogens is 1700 g/mol. The van der Waals surface area contributed by atoms with Crippen LogP contribution in [-0.4, -0.2) is 333 Å². The lowest BCUT2D eigenvalue weighted by Crippen LogP contribution is -2.32. The molecule has 0 fully saturated rings. The molecule has 0 heterocycles. The summed E-state index contributed by atoms with van der Waals surface area (Å²) in [6.07, 6.45) is 31.3. The van der Waals surface area contributed by atoms with Crippen LogP contribution in [0.5, 0.6) is 0 Å². The lowest BCUT2D eigenvalue weighted by molar-refractivity contribution is -0.151. The first-order chi connectivity index (χ1) is 61.7. The van der Waals surface area contributed by atoms with Crippen LogP contribution in [0.1, 0.15) is 198 Å². The lowest BCUT2D eigenvalue weighted by atomic mass is 10.0. The number of hydrogen-bond acceptors (Lipinski definition) is 27. The molecule has 36 nitrogen and oxygen atoms in total. The Hall–Kier alpha value is -11.9. The second-order valence-electron chi connectivity index (χ2n) is 29.5. The Kier molecular flexibility index (Phi) is 98.6. The number of amides is 9. The maximum Gasteiger partial charge on any atom is 0.325 e. The molecular formula is C95H163N9O27. The topological polar surface area (TPSA) is 419 Å². The molecule has 0 rings (SSSR count). The van der Waals surface area contributed by atoms with E-state index >= 15 is 0 Å². The van der Waals surface area contributed by atoms with E-state index in [-0.39, 0.29) is 148 Å². The predicted octanol–water partition coefficient (Wildman–Crippen LogP) is 10.4. The van der Waals surface area contributed by atoms with Crippen LogP contribution in [0.3, 0.4) is 0 Å². The Bertz CT molecular complexity index is 3380. The molecule has 0 saturated heterocycles. The molecule has 0 bridgehead atoms. The largest absolute Gasteiger partial charge is 0.468 e. The highest BCUT2D eigenvalue weighted by Gasteiger charge is 2.19. The maximum absolute atomic E-state index is 11.5. The summed E-state index contributed by atoms with van der Waals surface area (Å²) in [6.45, 7) is 54.2. The van der Waals surface area contributed by atoms with Crippen molar-refractivity contribution in [3.63, 3.8) is 0 Å². The van der Waals surface area contributed by atoms with Crippen molar-refractivity contribution in [1.82, 2.24) is 44.1 Å². The Morgan fingerprint density at radius 1 is 0.252 bits per heavy atom. The maximum atomic E-state index is 11.5. The van der Waals surface area contributed by atoms with Crippen LogP contribution >= 0.6 is 0 Å². The SMILES string of the molecule is C=CC(=O)N(C)CC(=O)OC.C=CC(=O)N(C)CC(=O)OC(C)C.C=CC(=O)N(C)CC(=O)OCC.C=CC(=O)N(C)CC(=O)OCC(C)C.C=CC(=O)N(C)CC(=O)OCC(CC)CCCC.C=CC(=O)N(C)CC(=O)OCCC.C=CC(=O)N(C)CC(=O)OCCCC.C=CC(=O)N(C)CC(=O)OCCCCCC.C=CC(=O)N(C)CC(=O)OCCCCCCCCCC. The van der Waals surface area contributed by atoms with Gasteiger partial charge in [0.1, 0.15) is 58.9 Å². The van der Waals surface area contributed by atoms with Crippen molar-refractivity contribution >= 4 is 107 Å². The molecule has 0 aliphatic carbocycles. The number of unbranched alkanes of at least 4 members (excludes halogenated alkanes) is 12. The third-order valence-electron chi connectivity index (χ3n) is 16.5. The molecule has 36 heteroatoms. The van der Waals surface area contributed by atoms with E-state index in [0.717, 1.165) is 114 Å². The van der Waals surface area contributed by atoms with Gasteiger partial charge < -0.3 is 86.7 Å². The number of likely N-dealkylation sites (N-methyl/N-ethyl adjacent to an activating group) is 9. The van der Waals surface area contributed by atoms with E-state index in [1.54, 1.807) is 41.9 Å². The number of carbonyl (C=O) groups is 18. The van der Waals surface area contributed by atoms with Crippen molar-refractivity contribution in [2.45, 2.75) is 204 Å². The van der Waals surface area contributed by atoms with Gasteiger partial charge in [-0.3, -0.25) is 86.3 Å². The molecule has 9 amide bonds. The second kappa shape index (κ2) is 94.2. The molecule has 0 aromatic heterocycles. The van der Waals surface area contributed by atoms with E-state index in [0.29, 0.717) is 58.1 Å². The van der Waals surface area contributed by atoms with Gasteiger partial charge in [0.2, 0.25) is 53.2 Å². The zero-order valence-corrected chi connectivity index (χ0v) is 83.1. The minimum atomic E-state index is -0.442. The Balaban J connectivity index is -0.000000184. The van der Waals surface area contributed by atoms with Crippen molar-refractivity contribution < 1.29 is 129 Å². The number of esters is 9. The van der Waals surface area contributed by atoms with Gasteiger partial charge in [-0.05, 0) is 119 Å². The standard InChI is InChI=1S/C16H29NO3.C14H25NO3.C12H21NO3.2C10H17NO3.2C9H15NO3.C8H13NO3.C7H11NO3/c1-4-6-7-8-9-10-11-12-13-20-16(19)14-17(3)15(18)5-2;1-5-8-9-12(6-2)11-18-14(17)10-15(4)13(16)7-3;1-4-6-7-8-9-16-12(15)10-13(3)11(14)5-2;1-5-9(12)11(4)6-10(13)14-7-8(2)3;1-4-6-7-14-10(13)8-11(3)9(12)5-2;1-5-8(11)10(4)6-9(12)13-7(2)3;1-4-6-13-9(12)7-10(3)8(11)5-2;1-4-7(10)9(3)6-8(11)12-5-2;1-4-6(9)8(2)5-7(10)11-3/h5H,2,4,6-14H2,1,3H3;7,12H,3,5-6,8-11H2,1-2,4H3;5H,2,4,6-10H2,1,3H3;5,8H,1,6-7H2,2-4H3;5H,2,4,6-8H2,1,3H3;5,7H,1,6H2,2-4H3;5H,2,4,6-7H2,1,3H3;4H,1,5-6H2,2-3H3;4H,1,5H2,2-3H3. The van der Waals surface area contributed by atoms with Gasteiger partial charge in [0.25, 0.3) is 0 Å². The summed E-state index contributed by atoms with van der Waals surface area (Å²) in [5.74, 6) is -5.31. The average molecular weight is 1860 g/mol. The third kappa shape index (κ3) is 94.1. The molecule has 0 aliphatic rings. The highest BCUT2D eigenvalue weighted by atomic mass is 16.6. The number of rotatable bonds is 56. The van der Waals surface area contributed by atoms with Gasteiger partial charge in [0.05, 0.1) is 59.5 Å². The predicted molar refractivity (Wildman–Crippen MR) is 506 cm³/mol. The minimum absolute atomic E-state index is 0.0120. The fourth-order valence-corrected chi connectivity index (χ4v) is 8.74. The van der Waals surface area contributed by atoms with E-state index < -0.39 is 23.9 Å². The van der Waals surface area contributed by atoms with Crippen LogP contribution in [0.2, 0.25) is 0 Å². The third-order valence-corrected chi connectivity index (χ3v) is 16.5. The summed E-state index contributed by atoms with van der Waals surface area (Å²) >= 11 is 0. The Morgan fingerprint density at radius 3 is 0.710 bits per heavy atom.